The minimum absolute atomic E-state index is 0.655. The molecule has 1 aromatic heterocycles. The van der Waals surface area contributed by atoms with Gasteiger partial charge in [-0.1, -0.05) is 6.42 Å². The Kier molecular flexibility index (Phi) is 3.96. The van der Waals surface area contributed by atoms with E-state index >= 15 is 0 Å². The summed E-state index contributed by atoms with van der Waals surface area (Å²) < 4.78 is 3.14. The number of nitrogens with zero attached hydrogens (tertiary/aromatic N) is 3. The van der Waals surface area contributed by atoms with Crippen LogP contribution in [-0.2, 0) is 13.6 Å². The number of hydrogen-bond acceptors (Lipinski definition) is 3. The van der Waals surface area contributed by atoms with Crippen molar-refractivity contribution in [2.75, 3.05) is 13.1 Å². The Bertz CT molecular complexity index is 457. The van der Waals surface area contributed by atoms with Crippen LogP contribution in [0.1, 0.15) is 37.1 Å². The predicted molar refractivity (Wildman–Crippen MR) is 80.1 cm³/mol. The second kappa shape index (κ2) is 5.54. The van der Waals surface area contributed by atoms with Crippen molar-refractivity contribution >= 4 is 15.9 Å². The molecule has 2 atom stereocenters. The minimum atomic E-state index is 0.655. The van der Waals surface area contributed by atoms with Crippen molar-refractivity contribution in [3.05, 3.63) is 15.9 Å². The van der Waals surface area contributed by atoms with Gasteiger partial charge in [-0.25, -0.2) is 0 Å². The first kappa shape index (κ1) is 13.6. The summed E-state index contributed by atoms with van der Waals surface area (Å²) in [4.78, 5) is 2.67. The SMILES string of the molecule is Cc1nn(C)c(CNC2CCN3CCCCC23)c1Br. The number of piperidine rings is 1. The lowest BCUT2D eigenvalue weighted by Gasteiger charge is -2.32. The molecule has 2 fully saturated rings. The fourth-order valence-corrected chi connectivity index (χ4v) is 4.06. The molecule has 0 radical (unpaired) electrons. The van der Waals surface area contributed by atoms with Gasteiger partial charge in [0, 0.05) is 32.2 Å². The number of fused-ring (bicyclic) bond motifs is 1. The summed E-state index contributed by atoms with van der Waals surface area (Å²) in [5.74, 6) is 0. The quantitative estimate of drug-likeness (QED) is 0.924. The molecule has 106 valence electrons. The first-order chi connectivity index (χ1) is 9.16. The number of rotatable bonds is 3. The summed E-state index contributed by atoms with van der Waals surface area (Å²) >= 11 is 3.65. The summed E-state index contributed by atoms with van der Waals surface area (Å²) in [5.41, 5.74) is 2.33. The average Bonchev–Trinajstić information content (AvgIpc) is 2.91. The van der Waals surface area contributed by atoms with E-state index < -0.39 is 0 Å². The molecule has 0 bridgehead atoms. The van der Waals surface area contributed by atoms with Crippen LogP contribution >= 0.6 is 15.9 Å². The largest absolute Gasteiger partial charge is 0.307 e. The summed E-state index contributed by atoms with van der Waals surface area (Å²) in [5, 5.41) is 8.22. The van der Waals surface area contributed by atoms with Crippen LogP contribution in [0.4, 0.5) is 0 Å². The topological polar surface area (TPSA) is 33.1 Å². The highest BCUT2D eigenvalue weighted by Crippen LogP contribution is 2.28. The molecule has 1 aromatic rings. The Morgan fingerprint density at radius 1 is 1.32 bits per heavy atom. The molecule has 3 heterocycles. The Balaban J connectivity index is 1.63. The average molecular weight is 327 g/mol. The highest BCUT2D eigenvalue weighted by Gasteiger charge is 2.35. The summed E-state index contributed by atoms with van der Waals surface area (Å²) in [7, 11) is 2.02. The van der Waals surface area contributed by atoms with Crippen molar-refractivity contribution in [1.29, 1.82) is 0 Å². The van der Waals surface area contributed by atoms with E-state index in [1.807, 2.05) is 18.7 Å². The molecule has 0 amide bonds. The lowest BCUT2D eigenvalue weighted by atomic mass is 9.99. The maximum absolute atomic E-state index is 4.46. The number of hydrogen-bond donors (Lipinski definition) is 1. The second-order valence-corrected chi connectivity index (χ2v) is 6.64. The number of halogens is 1. The fourth-order valence-electron chi connectivity index (χ4n) is 3.59. The van der Waals surface area contributed by atoms with Crippen LogP contribution in [0.25, 0.3) is 0 Å². The predicted octanol–water partition coefficient (Wildman–Crippen LogP) is 2.21. The van der Waals surface area contributed by atoms with Crippen LogP contribution in [0.15, 0.2) is 4.47 Å². The molecule has 3 rings (SSSR count). The van der Waals surface area contributed by atoms with Gasteiger partial charge in [0.25, 0.3) is 0 Å². The van der Waals surface area contributed by atoms with Gasteiger partial charge >= 0.3 is 0 Å². The molecule has 5 heteroatoms. The molecule has 4 nitrogen and oxygen atoms in total. The highest BCUT2D eigenvalue weighted by atomic mass is 79.9. The zero-order chi connectivity index (χ0) is 13.4. The van der Waals surface area contributed by atoms with Crippen molar-refractivity contribution < 1.29 is 0 Å². The third kappa shape index (κ3) is 2.60. The summed E-state index contributed by atoms with van der Waals surface area (Å²) in [6.45, 7) is 5.53. The Morgan fingerprint density at radius 2 is 2.16 bits per heavy atom. The summed E-state index contributed by atoms with van der Waals surface area (Å²) in [6, 6.07) is 1.42. The van der Waals surface area contributed by atoms with Crippen molar-refractivity contribution in [2.24, 2.45) is 7.05 Å². The van der Waals surface area contributed by atoms with Gasteiger partial charge in [-0.15, -0.1) is 0 Å². The fraction of sp³-hybridized carbons (Fsp3) is 0.786. The van der Waals surface area contributed by atoms with Crippen LogP contribution in [0, 0.1) is 6.92 Å². The van der Waals surface area contributed by atoms with Gasteiger partial charge in [0.1, 0.15) is 0 Å². The van der Waals surface area contributed by atoms with E-state index in [1.54, 1.807) is 0 Å². The third-order valence-electron chi connectivity index (χ3n) is 4.65. The monoisotopic (exact) mass is 326 g/mol. The zero-order valence-corrected chi connectivity index (χ0v) is 13.4. The number of aromatic nitrogens is 2. The Morgan fingerprint density at radius 3 is 2.89 bits per heavy atom. The molecule has 2 aliphatic heterocycles. The second-order valence-electron chi connectivity index (χ2n) is 5.84. The zero-order valence-electron chi connectivity index (χ0n) is 11.8. The maximum Gasteiger partial charge on any atom is 0.0739 e. The van der Waals surface area contributed by atoms with Gasteiger partial charge < -0.3 is 5.32 Å². The number of aryl methyl sites for hydroxylation is 2. The van der Waals surface area contributed by atoms with Crippen molar-refractivity contribution in [2.45, 2.75) is 51.2 Å². The van der Waals surface area contributed by atoms with E-state index in [-0.39, 0.29) is 0 Å². The van der Waals surface area contributed by atoms with Crippen LogP contribution in [-0.4, -0.2) is 39.9 Å². The standard InChI is InChI=1S/C14H23BrN4/c1-10-14(15)13(18(2)17-10)9-16-11-6-8-19-7-4-3-5-12(11)19/h11-12,16H,3-9H2,1-2H3. The minimum Gasteiger partial charge on any atom is -0.307 e. The van der Waals surface area contributed by atoms with E-state index in [0.29, 0.717) is 6.04 Å². The molecule has 19 heavy (non-hydrogen) atoms. The molecule has 0 aliphatic carbocycles. The Hall–Kier alpha value is -0.390. The van der Waals surface area contributed by atoms with Gasteiger partial charge in [0.05, 0.1) is 15.9 Å². The third-order valence-corrected chi connectivity index (χ3v) is 5.68. The van der Waals surface area contributed by atoms with Crippen LogP contribution in [0.3, 0.4) is 0 Å². The van der Waals surface area contributed by atoms with Crippen molar-refractivity contribution in [3.8, 4) is 0 Å². The molecule has 2 aliphatic rings. The maximum atomic E-state index is 4.46. The molecular weight excluding hydrogens is 304 g/mol. The van der Waals surface area contributed by atoms with Crippen LogP contribution in [0.5, 0.6) is 0 Å². The van der Waals surface area contributed by atoms with Gasteiger partial charge in [-0.3, -0.25) is 9.58 Å². The lowest BCUT2D eigenvalue weighted by Crippen LogP contribution is -2.44. The van der Waals surface area contributed by atoms with Gasteiger partial charge in [0.15, 0.2) is 0 Å². The Labute approximate surface area is 123 Å². The van der Waals surface area contributed by atoms with E-state index in [2.05, 4.69) is 31.2 Å². The van der Waals surface area contributed by atoms with E-state index in [1.165, 1.54) is 44.5 Å². The van der Waals surface area contributed by atoms with Gasteiger partial charge in [-0.2, -0.15) is 5.10 Å². The van der Waals surface area contributed by atoms with E-state index in [0.717, 1.165) is 22.8 Å². The molecule has 1 N–H and O–H groups in total. The van der Waals surface area contributed by atoms with Crippen molar-refractivity contribution in [1.82, 2.24) is 20.0 Å². The van der Waals surface area contributed by atoms with Crippen LogP contribution < -0.4 is 5.32 Å². The molecule has 2 unspecified atom stereocenters. The normalized spacial score (nSPS) is 27.7. The molecular formula is C14H23BrN4. The van der Waals surface area contributed by atoms with E-state index in [9.17, 15) is 0 Å². The molecule has 2 saturated heterocycles. The molecule has 0 saturated carbocycles. The van der Waals surface area contributed by atoms with Gasteiger partial charge in [0.2, 0.25) is 0 Å². The van der Waals surface area contributed by atoms with Gasteiger partial charge in [-0.05, 0) is 48.7 Å². The highest BCUT2D eigenvalue weighted by molar-refractivity contribution is 9.10. The first-order valence-electron chi connectivity index (χ1n) is 7.32. The van der Waals surface area contributed by atoms with E-state index in [4.69, 9.17) is 0 Å². The first-order valence-corrected chi connectivity index (χ1v) is 8.11. The molecule has 0 aromatic carbocycles. The number of nitrogens with one attached hydrogen (secondary N) is 1. The summed E-state index contributed by atoms with van der Waals surface area (Å²) in [6.07, 6.45) is 5.44. The smallest absolute Gasteiger partial charge is 0.0739 e. The lowest BCUT2D eigenvalue weighted by molar-refractivity contribution is 0.180. The molecule has 0 spiro atoms. The van der Waals surface area contributed by atoms with Crippen LogP contribution in [0.2, 0.25) is 0 Å². The van der Waals surface area contributed by atoms with Crippen molar-refractivity contribution in [3.63, 3.8) is 0 Å².